The van der Waals surface area contributed by atoms with Gasteiger partial charge < -0.3 is 5.73 Å². The molecule has 0 unspecified atom stereocenters. The first kappa shape index (κ1) is 15.1. The van der Waals surface area contributed by atoms with Crippen LogP contribution in [0.3, 0.4) is 0 Å². The molecule has 2 aromatic carbocycles. The molecule has 3 rings (SSSR count). The first-order valence-electron chi connectivity index (χ1n) is 7.13. The minimum absolute atomic E-state index is 0.229. The third kappa shape index (κ3) is 2.77. The van der Waals surface area contributed by atoms with Crippen molar-refractivity contribution in [3.05, 3.63) is 70.7 Å². The molecular weight excluding hydrogens is 306 g/mol. The van der Waals surface area contributed by atoms with Crippen LogP contribution in [0.1, 0.15) is 11.1 Å². The third-order valence-corrected chi connectivity index (χ3v) is 3.98. The van der Waals surface area contributed by atoms with Crippen LogP contribution in [-0.2, 0) is 0 Å². The van der Waals surface area contributed by atoms with Gasteiger partial charge in [0, 0.05) is 16.1 Å². The van der Waals surface area contributed by atoms with Crippen molar-refractivity contribution in [1.29, 1.82) is 5.26 Å². The molecule has 0 atom stereocenters. The van der Waals surface area contributed by atoms with Crippen molar-refractivity contribution in [3.63, 3.8) is 0 Å². The summed E-state index contributed by atoms with van der Waals surface area (Å²) in [6, 6.07) is 19.4. The second-order valence-corrected chi connectivity index (χ2v) is 5.65. The van der Waals surface area contributed by atoms with Crippen molar-refractivity contribution in [3.8, 4) is 28.5 Å². The molecule has 3 aromatic rings. The lowest BCUT2D eigenvalue weighted by molar-refractivity contribution is 1.26. The van der Waals surface area contributed by atoms with Gasteiger partial charge in [-0.3, -0.25) is 0 Å². The Morgan fingerprint density at radius 3 is 2.39 bits per heavy atom. The van der Waals surface area contributed by atoms with Crippen molar-refractivity contribution in [2.24, 2.45) is 0 Å². The molecule has 0 radical (unpaired) electrons. The van der Waals surface area contributed by atoms with E-state index in [1.807, 2.05) is 61.5 Å². The maximum absolute atomic E-state index is 9.50. The highest BCUT2D eigenvalue weighted by Crippen LogP contribution is 2.36. The largest absolute Gasteiger partial charge is 0.383 e. The SMILES string of the molecule is Cc1c(-c2cccc(Cl)c2)nc(N)c(C#N)c1-c1ccccc1. The van der Waals surface area contributed by atoms with Gasteiger partial charge in [-0.15, -0.1) is 0 Å². The lowest BCUT2D eigenvalue weighted by Crippen LogP contribution is -2.03. The van der Waals surface area contributed by atoms with E-state index in [2.05, 4.69) is 11.1 Å². The molecular formula is C19H14ClN3. The molecule has 0 fully saturated rings. The van der Waals surface area contributed by atoms with Crippen molar-refractivity contribution in [2.45, 2.75) is 6.92 Å². The van der Waals surface area contributed by atoms with Crippen molar-refractivity contribution in [1.82, 2.24) is 4.98 Å². The molecule has 4 heteroatoms. The Morgan fingerprint density at radius 1 is 1.04 bits per heavy atom. The average Bonchev–Trinajstić information content (AvgIpc) is 2.57. The van der Waals surface area contributed by atoms with Crippen LogP contribution < -0.4 is 5.73 Å². The van der Waals surface area contributed by atoms with Gasteiger partial charge in [-0.05, 0) is 30.2 Å². The molecule has 0 saturated carbocycles. The topological polar surface area (TPSA) is 62.7 Å². The lowest BCUT2D eigenvalue weighted by Gasteiger charge is -2.15. The number of hydrogen-bond acceptors (Lipinski definition) is 3. The van der Waals surface area contributed by atoms with Crippen molar-refractivity contribution < 1.29 is 0 Å². The second-order valence-electron chi connectivity index (χ2n) is 5.21. The number of anilines is 1. The van der Waals surface area contributed by atoms with Crippen LogP contribution in [0.5, 0.6) is 0 Å². The van der Waals surface area contributed by atoms with Crippen LogP contribution >= 0.6 is 11.6 Å². The van der Waals surface area contributed by atoms with E-state index in [-0.39, 0.29) is 5.82 Å². The summed E-state index contributed by atoms with van der Waals surface area (Å²) >= 11 is 6.09. The number of aromatic nitrogens is 1. The summed E-state index contributed by atoms with van der Waals surface area (Å²) in [7, 11) is 0. The number of halogens is 1. The van der Waals surface area contributed by atoms with Gasteiger partial charge in [0.25, 0.3) is 0 Å². The number of nitrogen functional groups attached to an aromatic ring is 1. The third-order valence-electron chi connectivity index (χ3n) is 3.74. The van der Waals surface area contributed by atoms with Crippen LogP contribution in [0.4, 0.5) is 5.82 Å². The number of pyridine rings is 1. The summed E-state index contributed by atoms with van der Waals surface area (Å²) in [6.45, 7) is 1.95. The van der Waals surface area contributed by atoms with Crippen LogP contribution in [0.15, 0.2) is 54.6 Å². The fraction of sp³-hybridized carbons (Fsp3) is 0.0526. The van der Waals surface area contributed by atoms with E-state index in [4.69, 9.17) is 17.3 Å². The van der Waals surface area contributed by atoms with Gasteiger partial charge in [-0.25, -0.2) is 4.98 Å². The standard InChI is InChI=1S/C19H14ClN3/c1-12-17(13-6-3-2-4-7-13)16(11-21)19(22)23-18(12)14-8-5-9-15(20)10-14/h2-10H,1H3,(H2,22,23). The number of nitrogens with zero attached hydrogens (tertiary/aromatic N) is 2. The second kappa shape index (κ2) is 6.12. The molecule has 0 aliphatic carbocycles. The summed E-state index contributed by atoms with van der Waals surface area (Å²) in [5, 5.41) is 10.1. The smallest absolute Gasteiger partial charge is 0.142 e. The first-order valence-corrected chi connectivity index (χ1v) is 7.51. The minimum atomic E-state index is 0.229. The molecule has 1 aromatic heterocycles. The Kier molecular flexibility index (Phi) is 4.01. The van der Waals surface area contributed by atoms with E-state index in [9.17, 15) is 5.26 Å². The molecule has 0 saturated heterocycles. The molecule has 0 aliphatic heterocycles. The Hall–Kier alpha value is -2.83. The zero-order valence-corrected chi connectivity index (χ0v) is 13.3. The Labute approximate surface area is 140 Å². The van der Waals surface area contributed by atoms with Gasteiger partial charge >= 0.3 is 0 Å². The summed E-state index contributed by atoms with van der Waals surface area (Å²) < 4.78 is 0. The van der Waals surface area contributed by atoms with E-state index < -0.39 is 0 Å². The van der Waals surface area contributed by atoms with E-state index in [0.717, 1.165) is 27.9 Å². The highest BCUT2D eigenvalue weighted by atomic mass is 35.5. The van der Waals surface area contributed by atoms with Gasteiger partial charge in [-0.1, -0.05) is 54.1 Å². The van der Waals surface area contributed by atoms with Crippen LogP contribution in [0.25, 0.3) is 22.4 Å². The fourth-order valence-corrected chi connectivity index (χ4v) is 2.88. The normalized spacial score (nSPS) is 10.3. The van der Waals surface area contributed by atoms with E-state index >= 15 is 0 Å². The molecule has 0 spiro atoms. The maximum atomic E-state index is 9.50. The Morgan fingerprint density at radius 2 is 1.74 bits per heavy atom. The number of nitrogens with two attached hydrogens (primary N) is 1. The predicted molar refractivity (Wildman–Crippen MR) is 94.0 cm³/mol. The van der Waals surface area contributed by atoms with Crippen molar-refractivity contribution in [2.75, 3.05) is 5.73 Å². The summed E-state index contributed by atoms with van der Waals surface area (Å²) in [5.74, 6) is 0.229. The van der Waals surface area contributed by atoms with Gasteiger partial charge in [0.2, 0.25) is 0 Å². The number of benzene rings is 2. The summed E-state index contributed by atoms with van der Waals surface area (Å²) in [5.41, 5.74) is 10.7. The fourth-order valence-electron chi connectivity index (χ4n) is 2.69. The average molecular weight is 320 g/mol. The monoisotopic (exact) mass is 319 g/mol. The molecule has 112 valence electrons. The highest BCUT2D eigenvalue weighted by molar-refractivity contribution is 6.30. The minimum Gasteiger partial charge on any atom is -0.383 e. The van der Waals surface area contributed by atoms with E-state index in [1.54, 1.807) is 0 Å². The van der Waals surface area contributed by atoms with Crippen LogP contribution in [0.2, 0.25) is 5.02 Å². The molecule has 0 bridgehead atoms. The number of nitriles is 1. The summed E-state index contributed by atoms with van der Waals surface area (Å²) in [6.07, 6.45) is 0. The van der Waals surface area contributed by atoms with Gasteiger partial charge in [-0.2, -0.15) is 5.26 Å². The Balaban J connectivity index is 2.33. The summed E-state index contributed by atoms with van der Waals surface area (Å²) in [4.78, 5) is 4.44. The quantitative estimate of drug-likeness (QED) is 0.735. The molecule has 3 nitrogen and oxygen atoms in total. The first-order chi connectivity index (χ1) is 11.1. The predicted octanol–water partition coefficient (Wildman–Crippen LogP) is 4.83. The number of rotatable bonds is 2. The zero-order valence-electron chi connectivity index (χ0n) is 12.5. The van der Waals surface area contributed by atoms with E-state index in [1.165, 1.54) is 0 Å². The number of hydrogen-bond donors (Lipinski definition) is 1. The van der Waals surface area contributed by atoms with Crippen LogP contribution in [-0.4, -0.2) is 4.98 Å². The van der Waals surface area contributed by atoms with Crippen LogP contribution in [0, 0.1) is 18.3 Å². The molecule has 1 heterocycles. The maximum Gasteiger partial charge on any atom is 0.142 e. The molecule has 2 N–H and O–H groups in total. The van der Waals surface area contributed by atoms with Gasteiger partial charge in [0.15, 0.2) is 0 Å². The Bertz CT molecular complexity index is 912. The van der Waals surface area contributed by atoms with Gasteiger partial charge in [0.05, 0.1) is 5.69 Å². The molecule has 0 aliphatic rings. The lowest BCUT2D eigenvalue weighted by atomic mass is 9.93. The van der Waals surface area contributed by atoms with Gasteiger partial charge in [0.1, 0.15) is 17.5 Å². The highest BCUT2D eigenvalue weighted by Gasteiger charge is 2.18. The van der Waals surface area contributed by atoms with E-state index in [0.29, 0.717) is 10.6 Å². The molecule has 23 heavy (non-hydrogen) atoms. The van der Waals surface area contributed by atoms with Crippen molar-refractivity contribution >= 4 is 17.4 Å². The molecule has 0 amide bonds. The zero-order chi connectivity index (χ0) is 16.4.